The molecule has 0 saturated carbocycles. The van der Waals surface area contributed by atoms with E-state index in [4.69, 9.17) is 4.74 Å². The molecule has 1 fully saturated rings. The van der Waals surface area contributed by atoms with Gasteiger partial charge >= 0.3 is 0 Å². The summed E-state index contributed by atoms with van der Waals surface area (Å²) >= 11 is 0. The lowest BCUT2D eigenvalue weighted by Crippen LogP contribution is -3.27. The second-order valence-electron chi connectivity index (χ2n) is 6.25. The quantitative estimate of drug-likeness (QED) is 0.784. The summed E-state index contributed by atoms with van der Waals surface area (Å²) in [7, 11) is 0. The number of quaternary nitrogens is 2. The van der Waals surface area contributed by atoms with Crippen LogP contribution in [-0.4, -0.2) is 37.8 Å². The molecule has 1 aromatic carbocycles. The molecule has 1 aliphatic heterocycles. The summed E-state index contributed by atoms with van der Waals surface area (Å²) in [6.07, 6.45) is 1.89. The molecule has 0 unspecified atom stereocenters. The third kappa shape index (κ3) is 4.78. The molecule has 0 amide bonds. The standard InChI is InChI=1S/C19H25N3O/c1-2-23-19-8-6-17(7-9-19)15-21-11-13-22(14-12-21)16-18-5-3-4-10-20-18/h3-10H,2,11-16H2,1H3/p+2. The molecule has 23 heavy (non-hydrogen) atoms. The first-order chi connectivity index (χ1) is 11.3. The number of benzene rings is 1. The number of rotatable bonds is 6. The van der Waals surface area contributed by atoms with E-state index >= 15 is 0 Å². The lowest BCUT2D eigenvalue weighted by molar-refractivity contribution is -1.02. The predicted molar refractivity (Wildman–Crippen MR) is 90.6 cm³/mol. The van der Waals surface area contributed by atoms with Crippen molar-refractivity contribution in [1.82, 2.24) is 4.98 Å². The summed E-state index contributed by atoms with van der Waals surface area (Å²) in [5.41, 5.74) is 2.61. The molecular formula is C19H27N3O+2. The minimum absolute atomic E-state index is 0.728. The molecular weight excluding hydrogens is 286 g/mol. The Morgan fingerprint density at radius 2 is 1.61 bits per heavy atom. The molecule has 0 bridgehead atoms. The second kappa shape index (κ2) is 8.09. The van der Waals surface area contributed by atoms with Crippen LogP contribution in [0.4, 0.5) is 0 Å². The van der Waals surface area contributed by atoms with Gasteiger partial charge in [0.05, 0.1) is 12.3 Å². The lowest BCUT2D eigenvalue weighted by Gasteiger charge is -2.29. The molecule has 0 spiro atoms. The topological polar surface area (TPSA) is 31.0 Å². The predicted octanol–water partition coefficient (Wildman–Crippen LogP) is -0.0361. The summed E-state index contributed by atoms with van der Waals surface area (Å²) in [5, 5.41) is 0. The van der Waals surface area contributed by atoms with E-state index in [1.54, 1.807) is 9.80 Å². The number of nitrogens with one attached hydrogen (secondary N) is 2. The Morgan fingerprint density at radius 3 is 2.22 bits per heavy atom. The van der Waals surface area contributed by atoms with Crippen molar-refractivity contribution in [3.63, 3.8) is 0 Å². The van der Waals surface area contributed by atoms with Crippen LogP contribution in [0.15, 0.2) is 48.7 Å². The Balaban J connectivity index is 1.45. The fourth-order valence-corrected chi connectivity index (χ4v) is 3.23. The largest absolute Gasteiger partial charge is 0.494 e. The minimum Gasteiger partial charge on any atom is -0.494 e. The average Bonchev–Trinajstić information content (AvgIpc) is 2.60. The first-order valence-electron chi connectivity index (χ1n) is 8.62. The highest BCUT2D eigenvalue weighted by atomic mass is 16.5. The summed E-state index contributed by atoms with van der Waals surface area (Å²) in [6.45, 7) is 9.83. The summed E-state index contributed by atoms with van der Waals surface area (Å²) in [5.74, 6) is 0.968. The van der Waals surface area contributed by atoms with E-state index in [1.807, 2.05) is 19.2 Å². The van der Waals surface area contributed by atoms with Crippen LogP contribution in [0.1, 0.15) is 18.2 Å². The van der Waals surface area contributed by atoms with Gasteiger partial charge in [-0.25, -0.2) is 0 Å². The molecule has 1 saturated heterocycles. The van der Waals surface area contributed by atoms with Crippen molar-refractivity contribution in [3.05, 3.63) is 59.9 Å². The molecule has 1 aliphatic rings. The van der Waals surface area contributed by atoms with E-state index in [1.165, 1.54) is 37.4 Å². The normalized spacial score (nSPS) is 21.1. The van der Waals surface area contributed by atoms with Crippen LogP contribution in [0.3, 0.4) is 0 Å². The van der Waals surface area contributed by atoms with E-state index in [9.17, 15) is 0 Å². The average molecular weight is 313 g/mol. The number of nitrogens with zero attached hydrogens (tertiary/aromatic N) is 1. The monoisotopic (exact) mass is 313 g/mol. The molecule has 2 aromatic rings. The summed E-state index contributed by atoms with van der Waals surface area (Å²) in [6, 6.07) is 14.8. The van der Waals surface area contributed by atoms with Crippen LogP contribution in [0.2, 0.25) is 0 Å². The van der Waals surface area contributed by atoms with Gasteiger partial charge in [0.2, 0.25) is 0 Å². The number of ether oxygens (including phenoxy) is 1. The maximum Gasteiger partial charge on any atom is 0.127 e. The zero-order valence-corrected chi connectivity index (χ0v) is 13.9. The minimum atomic E-state index is 0.728. The first kappa shape index (κ1) is 16.0. The van der Waals surface area contributed by atoms with Gasteiger partial charge in [-0.15, -0.1) is 0 Å². The molecule has 0 atom stereocenters. The molecule has 2 N–H and O–H groups in total. The number of hydrogen-bond acceptors (Lipinski definition) is 2. The highest BCUT2D eigenvalue weighted by Gasteiger charge is 2.23. The molecule has 4 heteroatoms. The van der Waals surface area contributed by atoms with Crippen LogP contribution < -0.4 is 14.5 Å². The zero-order valence-electron chi connectivity index (χ0n) is 13.9. The van der Waals surface area contributed by atoms with Crippen molar-refractivity contribution in [2.45, 2.75) is 20.0 Å². The van der Waals surface area contributed by atoms with Crippen molar-refractivity contribution in [3.8, 4) is 5.75 Å². The Labute approximate surface area is 138 Å². The smallest absolute Gasteiger partial charge is 0.127 e. The highest BCUT2D eigenvalue weighted by Crippen LogP contribution is 2.11. The highest BCUT2D eigenvalue weighted by molar-refractivity contribution is 5.26. The molecule has 0 radical (unpaired) electrons. The van der Waals surface area contributed by atoms with Gasteiger partial charge in [0.25, 0.3) is 0 Å². The number of pyridine rings is 1. The van der Waals surface area contributed by atoms with Crippen molar-refractivity contribution in [2.75, 3.05) is 32.8 Å². The maximum atomic E-state index is 5.51. The Hall–Kier alpha value is -1.91. The molecule has 2 heterocycles. The Bertz CT molecular complexity index is 577. The second-order valence-corrected chi connectivity index (χ2v) is 6.25. The molecule has 0 aliphatic carbocycles. The van der Waals surface area contributed by atoms with Crippen LogP contribution in [0.5, 0.6) is 5.75 Å². The SMILES string of the molecule is CCOc1ccc(C[NH+]2CC[NH+](Cc3ccccn3)CC2)cc1. The van der Waals surface area contributed by atoms with Crippen molar-refractivity contribution in [2.24, 2.45) is 0 Å². The van der Waals surface area contributed by atoms with Gasteiger partial charge in [-0.2, -0.15) is 0 Å². The number of piperazine rings is 1. The van der Waals surface area contributed by atoms with E-state index in [-0.39, 0.29) is 0 Å². The third-order valence-corrected chi connectivity index (χ3v) is 4.51. The van der Waals surface area contributed by atoms with Gasteiger partial charge in [0.1, 0.15) is 45.0 Å². The Morgan fingerprint density at radius 1 is 0.913 bits per heavy atom. The van der Waals surface area contributed by atoms with Crippen LogP contribution in [0, 0.1) is 0 Å². The van der Waals surface area contributed by atoms with Crippen molar-refractivity contribution < 1.29 is 14.5 Å². The van der Waals surface area contributed by atoms with Crippen LogP contribution >= 0.6 is 0 Å². The van der Waals surface area contributed by atoms with Crippen molar-refractivity contribution in [1.29, 1.82) is 0 Å². The Kier molecular flexibility index (Phi) is 5.61. The van der Waals surface area contributed by atoms with Gasteiger partial charge < -0.3 is 14.5 Å². The first-order valence-corrected chi connectivity index (χ1v) is 8.62. The van der Waals surface area contributed by atoms with E-state index < -0.39 is 0 Å². The zero-order chi connectivity index (χ0) is 15.9. The van der Waals surface area contributed by atoms with Crippen LogP contribution in [0.25, 0.3) is 0 Å². The molecule has 122 valence electrons. The summed E-state index contributed by atoms with van der Waals surface area (Å²) < 4.78 is 5.51. The van der Waals surface area contributed by atoms with Gasteiger partial charge in [-0.05, 0) is 43.3 Å². The van der Waals surface area contributed by atoms with E-state index in [2.05, 4.69) is 41.4 Å². The third-order valence-electron chi connectivity index (χ3n) is 4.51. The van der Waals surface area contributed by atoms with E-state index in [0.717, 1.165) is 25.4 Å². The van der Waals surface area contributed by atoms with Crippen LogP contribution in [-0.2, 0) is 13.1 Å². The van der Waals surface area contributed by atoms with Gasteiger partial charge in [0.15, 0.2) is 0 Å². The van der Waals surface area contributed by atoms with E-state index in [0.29, 0.717) is 0 Å². The summed E-state index contributed by atoms with van der Waals surface area (Å²) in [4.78, 5) is 7.77. The fourth-order valence-electron chi connectivity index (χ4n) is 3.23. The van der Waals surface area contributed by atoms with Crippen molar-refractivity contribution >= 4 is 0 Å². The number of hydrogen-bond donors (Lipinski definition) is 2. The number of aromatic nitrogens is 1. The maximum absolute atomic E-state index is 5.51. The molecule has 3 rings (SSSR count). The van der Waals surface area contributed by atoms with Gasteiger partial charge in [-0.1, -0.05) is 6.07 Å². The fraction of sp³-hybridized carbons (Fsp3) is 0.421. The molecule has 4 nitrogen and oxygen atoms in total. The van der Waals surface area contributed by atoms with Gasteiger partial charge in [-0.3, -0.25) is 4.98 Å². The van der Waals surface area contributed by atoms with Gasteiger partial charge in [0, 0.05) is 11.8 Å². The lowest BCUT2D eigenvalue weighted by atomic mass is 10.2. The molecule has 1 aromatic heterocycles.